The Morgan fingerprint density at radius 1 is 1.05 bits per heavy atom. The molecule has 0 aromatic heterocycles. The molecule has 19 heavy (non-hydrogen) atoms. The van der Waals surface area contributed by atoms with Crippen LogP contribution in [0.3, 0.4) is 0 Å². The van der Waals surface area contributed by atoms with Gasteiger partial charge in [0.15, 0.2) is 0 Å². The Morgan fingerprint density at radius 2 is 1.79 bits per heavy atom. The van der Waals surface area contributed by atoms with Gasteiger partial charge in [-0.15, -0.1) is 6.58 Å². The van der Waals surface area contributed by atoms with E-state index in [-0.39, 0.29) is 6.10 Å². The maximum atomic E-state index is 6.05. The molecule has 0 saturated carbocycles. The van der Waals surface area contributed by atoms with E-state index >= 15 is 0 Å². The van der Waals surface area contributed by atoms with Crippen molar-refractivity contribution in [2.75, 3.05) is 0 Å². The van der Waals surface area contributed by atoms with Crippen LogP contribution in [0.15, 0.2) is 61.2 Å². The maximum Gasteiger partial charge on any atom is 0.127 e. The summed E-state index contributed by atoms with van der Waals surface area (Å²) in [5, 5.41) is 1.08. The fourth-order valence-corrected chi connectivity index (χ4v) is 2.09. The molecule has 0 saturated heterocycles. The molecule has 0 bridgehead atoms. The van der Waals surface area contributed by atoms with Crippen LogP contribution >= 0.6 is 23.2 Å². The van der Waals surface area contributed by atoms with Gasteiger partial charge in [-0.2, -0.15) is 0 Å². The molecular formula is C16H14Cl2O. The molecule has 2 aromatic carbocycles. The maximum absolute atomic E-state index is 6.05. The van der Waals surface area contributed by atoms with Gasteiger partial charge < -0.3 is 4.74 Å². The minimum Gasteiger partial charge on any atom is -0.485 e. The first-order chi connectivity index (χ1) is 9.20. The van der Waals surface area contributed by atoms with Gasteiger partial charge in [-0.1, -0.05) is 53.5 Å². The predicted octanol–water partition coefficient (Wildman–Crippen LogP) is 5.69. The Kier molecular flexibility index (Phi) is 4.89. The topological polar surface area (TPSA) is 9.23 Å². The second-order valence-corrected chi connectivity index (χ2v) is 4.93. The van der Waals surface area contributed by atoms with Crippen LogP contribution in [-0.4, -0.2) is 0 Å². The molecule has 0 aliphatic carbocycles. The summed E-state index contributed by atoms with van der Waals surface area (Å²) in [4.78, 5) is 0. The lowest BCUT2D eigenvalue weighted by atomic mass is 10.1. The van der Waals surface area contributed by atoms with E-state index in [4.69, 9.17) is 27.9 Å². The summed E-state index contributed by atoms with van der Waals surface area (Å²) in [5.41, 5.74) is 0.984. The molecule has 0 amide bonds. The highest BCUT2D eigenvalue weighted by Gasteiger charge is 2.13. The van der Waals surface area contributed by atoms with Gasteiger partial charge in [-0.25, -0.2) is 0 Å². The van der Waals surface area contributed by atoms with Crippen LogP contribution < -0.4 is 4.74 Å². The minimum atomic E-state index is -0.116. The lowest BCUT2D eigenvalue weighted by molar-refractivity contribution is 0.209. The van der Waals surface area contributed by atoms with E-state index in [9.17, 15) is 0 Å². The van der Waals surface area contributed by atoms with Crippen LogP contribution in [0, 0.1) is 0 Å². The molecule has 0 N–H and O–H groups in total. The van der Waals surface area contributed by atoms with E-state index in [2.05, 4.69) is 6.58 Å². The van der Waals surface area contributed by atoms with Gasteiger partial charge in [0.05, 0.1) is 10.0 Å². The summed E-state index contributed by atoms with van der Waals surface area (Å²) in [6, 6.07) is 15.2. The zero-order chi connectivity index (χ0) is 13.7. The van der Waals surface area contributed by atoms with E-state index in [0.29, 0.717) is 16.5 Å². The van der Waals surface area contributed by atoms with Gasteiger partial charge in [0.1, 0.15) is 11.9 Å². The van der Waals surface area contributed by atoms with Gasteiger partial charge >= 0.3 is 0 Å². The highest BCUT2D eigenvalue weighted by molar-refractivity contribution is 6.42. The van der Waals surface area contributed by atoms with Gasteiger partial charge in [-0.05, 0) is 29.8 Å². The van der Waals surface area contributed by atoms with Gasteiger partial charge in [0, 0.05) is 6.42 Å². The molecule has 98 valence electrons. The zero-order valence-electron chi connectivity index (χ0n) is 10.4. The van der Waals surface area contributed by atoms with E-state index < -0.39 is 0 Å². The molecule has 1 nitrogen and oxygen atoms in total. The number of rotatable bonds is 5. The standard InChI is InChI=1S/C16H14Cl2O/c1-2-6-16(19-13-7-4-3-5-8-13)12-9-10-14(17)15(18)11-12/h2-5,7-11,16H,1,6H2. The van der Waals surface area contributed by atoms with Gasteiger partial charge in [0.25, 0.3) is 0 Å². The summed E-state index contributed by atoms with van der Waals surface area (Å²) in [7, 11) is 0. The molecule has 0 aliphatic heterocycles. The fourth-order valence-electron chi connectivity index (χ4n) is 1.78. The van der Waals surface area contributed by atoms with E-state index in [1.54, 1.807) is 6.07 Å². The third kappa shape index (κ3) is 3.76. The van der Waals surface area contributed by atoms with Crippen LogP contribution in [0.1, 0.15) is 18.1 Å². The van der Waals surface area contributed by atoms with E-state index in [1.807, 2.05) is 48.5 Å². The molecule has 0 aliphatic rings. The van der Waals surface area contributed by atoms with Crippen LogP contribution in [-0.2, 0) is 0 Å². The van der Waals surface area contributed by atoms with Crippen LogP contribution in [0.4, 0.5) is 0 Å². The molecule has 2 aromatic rings. The normalized spacial score (nSPS) is 11.9. The monoisotopic (exact) mass is 292 g/mol. The molecule has 0 radical (unpaired) electrons. The smallest absolute Gasteiger partial charge is 0.127 e. The Balaban J connectivity index is 2.24. The average Bonchev–Trinajstić information content (AvgIpc) is 2.43. The summed E-state index contributed by atoms with van der Waals surface area (Å²) < 4.78 is 5.96. The first-order valence-corrected chi connectivity index (χ1v) is 6.74. The molecule has 0 spiro atoms. The molecule has 0 heterocycles. The third-order valence-corrected chi connectivity index (χ3v) is 3.46. The highest BCUT2D eigenvalue weighted by atomic mass is 35.5. The Morgan fingerprint density at radius 3 is 2.42 bits per heavy atom. The van der Waals surface area contributed by atoms with Crippen molar-refractivity contribution in [1.82, 2.24) is 0 Å². The number of ether oxygens (including phenoxy) is 1. The Hall–Kier alpha value is -1.44. The van der Waals surface area contributed by atoms with Crippen molar-refractivity contribution in [2.45, 2.75) is 12.5 Å². The van der Waals surface area contributed by atoms with E-state index in [1.165, 1.54) is 0 Å². The summed E-state index contributed by atoms with van der Waals surface area (Å²) in [5.74, 6) is 0.820. The zero-order valence-corrected chi connectivity index (χ0v) is 11.9. The predicted molar refractivity (Wildman–Crippen MR) is 81.1 cm³/mol. The van der Waals surface area contributed by atoms with Crippen molar-refractivity contribution < 1.29 is 4.74 Å². The fraction of sp³-hybridized carbons (Fsp3) is 0.125. The van der Waals surface area contributed by atoms with Crippen molar-refractivity contribution in [3.8, 4) is 5.75 Å². The minimum absolute atomic E-state index is 0.116. The summed E-state index contributed by atoms with van der Waals surface area (Å²) >= 11 is 12.0. The van der Waals surface area contributed by atoms with Crippen LogP contribution in [0.25, 0.3) is 0 Å². The average molecular weight is 293 g/mol. The summed E-state index contributed by atoms with van der Waals surface area (Å²) in [6.07, 6.45) is 2.41. The lowest BCUT2D eigenvalue weighted by Gasteiger charge is -2.18. The molecule has 1 unspecified atom stereocenters. The van der Waals surface area contributed by atoms with Crippen LogP contribution in [0.5, 0.6) is 5.75 Å². The number of halogens is 2. The number of benzene rings is 2. The summed E-state index contributed by atoms with van der Waals surface area (Å²) in [6.45, 7) is 3.77. The largest absolute Gasteiger partial charge is 0.485 e. The number of para-hydroxylation sites is 1. The first kappa shape index (κ1) is 14.0. The molecular weight excluding hydrogens is 279 g/mol. The first-order valence-electron chi connectivity index (χ1n) is 5.98. The second kappa shape index (κ2) is 6.65. The molecule has 1 atom stereocenters. The van der Waals surface area contributed by atoms with Gasteiger partial charge in [-0.3, -0.25) is 0 Å². The van der Waals surface area contributed by atoms with Crippen molar-refractivity contribution in [1.29, 1.82) is 0 Å². The second-order valence-electron chi connectivity index (χ2n) is 4.12. The third-order valence-electron chi connectivity index (χ3n) is 2.72. The van der Waals surface area contributed by atoms with E-state index in [0.717, 1.165) is 11.3 Å². The Bertz CT molecular complexity index is 552. The Labute approximate surface area is 123 Å². The van der Waals surface area contributed by atoms with Crippen molar-refractivity contribution in [3.05, 3.63) is 76.8 Å². The van der Waals surface area contributed by atoms with Gasteiger partial charge in [0.2, 0.25) is 0 Å². The highest BCUT2D eigenvalue weighted by Crippen LogP contribution is 2.30. The van der Waals surface area contributed by atoms with Crippen molar-refractivity contribution >= 4 is 23.2 Å². The van der Waals surface area contributed by atoms with Crippen LogP contribution in [0.2, 0.25) is 10.0 Å². The molecule has 2 rings (SSSR count). The number of hydrogen-bond acceptors (Lipinski definition) is 1. The molecule has 3 heteroatoms. The quantitative estimate of drug-likeness (QED) is 0.643. The van der Waals surface area contributed by atoms with Crippen molar-refractivity contribution in [3.63, 3.8) is 0 Å². The lowest BCUT2D eigenvalue weighted by Crippen LogP contribution is -2.06. The SMILES string of the molecule is C=CCC(Oc1ccccc1)c1ccc(Cl)c(Cl)c1. The van der Waals surface area contributed by atoms with Crippen molar-refractivity contribution in [2.24, 2.45) is 0 Å². The number of hydrogen-bond donors (Lipinski definition) is 0. The molecule has 0 fully saturated rings.